The Kier molecular flexibility index (Phi) is 4.06. The standard InChI is InChI=1S/C14H18N4O/c1-9(2)7-11(15)14(19)18-13-4-6-17-12-3-5-16-8-10(12)13/h3-6,8-9,11H,7,15H2,1-2H3,(H,17,18,19)/t11-/m0/s1. The van der Waals surface area contributed by atoms with Gasteiger partial charge in [-0.3, -0.25) is 14.8 Å². The van der Waals surface area contributed by atoms with E-state index >= 15 is 0 Å². The molecule has 19 heavy (non-hydrogen) atoms. The van der Waals surface area contributed by atoms with E-state index in [1.165, 1.54) is 0 Å². The molecule has 0 unspecified atom stereocenters. The molecule has 5 nitrogen and oxygen atoms in total. The van der Waals surface area contributed by atoms with E-state index < -0.39 is 6.04 Å². The second-order valence-corrected chi connectivity index (χ2v) is 4.98. The van der Waals surface area contributed by atoms with Crippen LogP contribution in [0.2, 0.25) is 0 Å². The van der Waals surface area contributed by atoms with Crippen LogP contribution in [0, 0.1) is 5.92 Å². The van der Waals surface area contributed by atoms with E-state index in [4.69, 9.17) is 5.73 Å². The number of rotatable bonds is 4. The third kappa shape index (κ3) is 3.26. The van der Waals surface area contributed by atoms with Gasteiger partial charge in [0.2, 0.25) is 5.91 Å². The molecule has 0 spiro atoms. The highest BCUT2D eigenvalue weighted by Gasteiger charge is 2.16. The number of nitrogens with two attached hydrogens (primary N) is 1. The first-order chi connectivity index (χ1) is 9.08. The molecule has 0 fully saturated rings. The molecule has 2 rings (SSSR count). The van der Waals surface area contributed by atoms with E-state index in [9.17, 15) is 4.79 Å². The molecule has 0 saturated heterocycles. The highest BCUT2D eigenvalue weighted by molar-refractivity contribution is 6.02. The third-order valence-electron chi connectivity index (χ3n) is 2.86. The highest BCUT2D eigenvalue weighted by atomic mass is 16.2. The van der Waals surface area contributed by atoms with E-state index in [1.807, 2.05) is 13.8 Å². The van der Waals surface area contributed by atoms with Crippen LogP contribution >= 0.6 is 0 Å². The predicted molar refractivity (Wildman–Crippen MR) is 75.6 cm³/mol. The van der Waals surface area contributed by atoms with Crippen LogP contribution in [0.4, 0.5) is 5.69 Å². The Hall–Kier alpha value is -2.01. The van der Waals surface area contributed by atoms with Crippen LogP contribution in [0.1, 0.15) is 20.3 Å². The van der Waals surface area contributed by atoms with Gasteiger partial charge < -0.3 is 11.1 Å². The third-order valence-corrected chi connectivity index (χ3v) is 2.86. The SMILES string of the molecule is CC(C)C[C@H](N)C(=O)Nc1ccnc2ccncc12. The Labute approximate surface area is 112 Å². The van der Waals surface area contributed by atoms with Crippen molar-refractivity contribution in [2.24, 2.45) is 11.7 Å². The van der Waals surface area contributed by atoms with Gasteiger partial charge in [-0.25, -0.2) is 0 Å². The molecule has 2 heterocycles. The monoisotopic (exact) mass is 258 g/mol. The van der Waals surface area contributed by atoms with Crippen molar-refractivity contribution in [3.05, 3.63) is 30.7 Å². The van der Waals surface area contributed by atoms with Gasteiger partial charge in [0.05, 0.1) is 17.2 Å². The minimum Gasteiger partial charge on any atom is -0.324 e. The lowest BCUT2D eigenvalue weighted by Gasteiger charge is -2.14. The fraction of sp³-hybridized carbons (Fsp3) is 0.357. The van der Waals surface area contributed by atoms with E-state index in [0.29, 0.717) is 18.0 Å². The van der Waals surface area contributed by atoms with Crippen LogP contribution in [0.15, 0.2) is 30.7 Å². The van der Waals surface area contributed by atoms with Crippen molar-refractivity contribution < 1.29 is 4.79 Å². The molecule has 1 amide bonds. The summed E-state index contributed by atoms with van der Waals surface area (Å²) in [5.74, 6) is 0.210. The Morgan fingerprint density at radius 1 is 1.37 bits per heavy atom. The summed E-state index contributed by atoms with van der Waals surface area (Å²) in [6.07, 6.45) is 5.68. The number of anilines is 1. The van der Waals surface area contributed by atoms with Gasteiger partial charge in [0, 0.05) is 24.0 Å². The van der Waals surface area contributed by atoms with Gasteiger partial charge in [-0.1, -0.05) is 13.8 Å². The quantitative estimate of drug-likeness (QED) is 0.878. The first-order valence-electron chi connectivity index (χ1n) is 6.33. The van der Waals surface area contributed by atoms with E-state index in [0.717, 1.165) is 10.9 Å². The first kappa shape index (κ1) is 13.4. The number of carbonyl (C=O) groups excluding carboxylic acids is 1. The zero-order valence-corrected chi connectivity index (χ0v) is 11.1. The van der Waals surface area contributed by atoms with Gasteiger partial charge in [-0.15, -0.1) is 0 Å². The molecule has 0 aliphatic rings. The van der Waals surface area contributed by atoms with Crippen LogP contribution in [-0.4, -0.2) is 21.9 Å². The number of nitrogens with one attached hydrogen (secondary N) is 1. The number of hydrogen-bond donors (Lipinski definition) is 2. The summed E-state index contributed by atoms with van der Waals surface area (Å²) >= 11 is 0. The number of nitrogens with zero attached hydrogens (tertiary/aromatic N) is 2. The Bertz CT molecular complexity index is 577. The number of amides is 1. The van der Waals surface area contributed by atoms with E-state index in [2.05, 4.69) is 15.3 Å². The van der Waals surface area contributed by atoms with Crippen LogP contribution in [0.5, 0.6) is 0 Å². The molecule has 0 radical (unpaired) electrons. The minimum absolute atomic E-state index is 0.176. The number of hydrogen-bond acceptors (Lipinski definition) is 4. The first-order valence-corrected chi connectivity index (χ1v) is 6.33. The number of aromatic nitrogens is 2. The molecule has 5 heteroatoms. The summed E-state index contributed by atoms with van der Waals surface area (Å²) in [4.78, 5) is 20.3. The van der Waals surface area contributed by atoms with Gasteiger partial charge in [-0.05, 0) is 24.5 Å². The maximum Gasteiger partial charge on any atom is 0.241 e. The lowest BCUT2D eigenvalue weighted by atomic mass is 10.0. The Morgan fingerprint density at radius 3 is 2.89 bits per heavy atom. The summed E-state index contributed by atoms with van der Waals surface area (Å²) in [7, 11) is 0. The largest absolute Gasteiger partial charge is 0.324 e. The lowest BCUT2D eigenvalue weighted by Crippen LogP contribution is -2.36. The molecule has 2 aromatic rings. The minimum atomic E-state index is -0.500. The van der Waals surface area contributed by atoms with Crippen molar-refractivity contribution in [1.82, 2.24) is 9.97 Å². The van der Waals surface area contributed by atoms with Crippen molar-refractivity contribution in [3.8, 4) is 0 Å². The predicted octanol–water partition coefficient (Wildman–Crippen LogP) is 1.94. The molecule has 0 bridgehead atoms. The Balaban J connectivity index is 2.19. The Morgan fingerprint density at radius 2 is 2.16 bits per heavy atom. The van der Waals surface area contributed by atoms with Crippen molar-refractivity contribution in [3.63, 3.8) is 0 Å². The van der Waals surface area contributed by atoms with Gasteiger partial charge in [0.25, 0.3) is 0 Å². The molecular weight excluding hydrogens is 240 g/mol. The smallest absolute Gasteiger partial charge is 0.241 e. The zero-order chi connectivity index (χ0) is 13.8. The summed E-state index contributed by atoms with van der Waals surface area (Å²) in [6.45, 7) is 4.08. The molecular formula is C14H18N4O. The van der Waals surface area contributed by atoms with Crippen molar-refractivity contribution in [2.75, 3.05) is 5.32 Å². The maximum atomic E-state index is 12.0. The van der Waals surface area contributed by atoms with Crippen molar-refractivity contribution in [1.29, 1.82) is 0 Å². The fourth-order valence-electron chi connectivity index (χ4n) is 1.94. The van der Waals surface area contributed by atoms with Gasteiger partial charge in [0.15, 0.2) is 0 Å². The van der Waals surface area contributed by atoms with Crippen molar-refractivity contribution in [2.45, 2.75) is 26.3 Å². The molecule has 0 aliphatic heterocycles. The number of carbonyl (C=O) groups is 1. The van der Waals surface area contributed by atoms with E-state index in [-0.39, 0.29) is 5.91 Å². The molecule has 0 saturated carbocycles. The van der Waals surface area contributed by atoms with Crippen molar-refractivity contribution >= 4 is 22.5 Å². The summed E-state index contributed by atoms with van der Waals surface area (Å²) in [5.41, 5.74) is 7.36. The summed E-state index contributed by atoms with van der Waals surface area (Å²) in [5, 5.41) is 3.66. The number of fused-ring (bicyclic) bond motifs is 1. The van der Waals surface area contributed by atoms with Gasteiger partial charge in [-0.2, -0.15) is 0 Å². The van der Waals surface area contributed by atoms with Crippen LogP contribution < -0.4 is 11.1 Å². The maximum absolute atomic E-state index is 12.0. The molecule has 0 aromatic carbocycles. The average Bonchev–Trinajstić information content (AvgIpc) is 2.38. The normalized spacial score (nSPS) is 12.6. The van der Waals surface area contributed by atoms with Gasteiger partial charge in [0.1, 0.15) is 0 Å². The van der Waals surface area contributed by atoms with Gasteiger partial charge >= 0.3 is 0 Å². The second-order valence-electron chi connectivity index (χ2n) is 4.98. The zero-order valence-electron chi connectivity index (χ0n) is 11.1. The van der Waals surface area contributed by atoms with Crippen LogP contribution in [-0.2, 0) is 4.79 Å². The van der Waals surface area contributed by atoms with E-state index in [1.54, 1.807) is 30.7 Å². The van der Waals surface area contributed by atoms with Crippen LogP contribution in [0.3, 0.4) is 0 Å². The fourth-order valence-corrected chi connectivity index (χ4v) is 1.94. The molecule has 1 atom stereocenters. The summed E-state index contributed by atoms with van der Waals surface area (Å²) in [6, 6.07) is 3.06. The molecule has 3 N–H and O–H groups in total. The molecule has 100 valence electrons. The second kappa shape index (κ2) is 5.75. The topological polar surface area (TPSA) is 80.9 Å². The van der Waals surface area contributed by atoms with Crippen LogP contribution in [0.25, 0.3) is 10.9 Å². The highest BCUT2D eigenvalue weighted by Crippen LogP contribution is 2.20. The molecule has 2 aromatic heterocycles. The lowest BCUT2D eigenvalue weighted by molar-refractivity contribution is -0.117. The number of pyridine rings is 2. The summed E-state index contributed by atoms with van der Waals surface area (Å²) < 4.78 is 0. The average molecular weight is 258 g/mol. The molecule has 0 aliphatic carbocycles.